The van der Waals surface area contributed by atoms with Crippen LogP contribution in [0.5, 0.6) is 0 Å². The van der Waals surface area contributed by atoms with E-state index >= 15 is 0 Å². The standard InChI is InChI=1S/C14H12ClF3N2/c15-11-3-1-2-8(14(11)18)6-13(20-19)10-5-4-9(16)7-12(10)17/h1-5,7,13,20H,6,19H2. The SMILES string of the molecule is NNC(Cc1cccc(Cl)c1F)c1ccc(F)cc1F. The van der Waals surface area contributed by atoms with Crippen LogP contribution in [-0.4, -0.2) is 0 Å². The zero-order valence-electron chi connectivity index (χ0n) is 10.3. The van der Waals surface area contributed by atoms with Gasteiger partial charge in [-0.25, -0.2) is 13.2 Å². The minimum Gasteiger partial charge on any atom is -0.271 e. The van der Waals surface area contributed by atoms with E-state index in [1.54, 1.807) is 6.07 Å². The summed E-state index contributed by atoms with van der Waals surface area (Å²) in [7, 11) is 0. The Morgan fingerprint density at radius 2 is 1.90 bits per heavy atom. The van der Waals surface area contributed by atoms with Crippen molar-refractivity contribution < 1.29 is 13.2 Å². The number of nitrogens with one attached hydrogen (secondary N) is 1. The van der Waals surface area contributed by atoms with E-state index in [0.717, 1.165) is 12.1 Å². The van der Waals surface area contributed by atoms with Crippen molar-refractivity contribution in [1.29, 1.82) is 0 Å². The average Bonchev–Trinajstić information content (AvgIpc) is 2.41. The molecule has 0 saturated heterocycles. The summed E-state index contributed by atoms with van der Waals surface area (Å²) >= 11 is 5.69. The summed E-state index contributed by atoms with van der Waals surface area (Å²) in [6, 6.07) is 7.01. The molecule has 1 unspecified atom stereocenters. The van der Waals surface area contributed by atoms with Crippen molar-refractivity contribution in [1.82, 2.24) is 5.43 Å². The molecular weight excluding hydrogens is 289 g/mol. The largest absolute Gasteiger partial charge is 0.271 e. The van der Waals surface area contributed by atoms with Gasteiger partial charge in [0.05, 0.1) is 11.1 Å². The van der Waals surface area contributed by atoms with E-state index in [1.807, 2.05) is 0 Å². The molecule has 0 radical (unpaired) electrons. The fourth-order valence-electron chi connectivity index (χ4n) is 1.97. The van der Waals surface area contributed by atoms with Gasteiger partial charge >= 0.3 is 0 Å². The van der Waals surface area contributed by atoms with Crippen LogP contribution in [0.15, 0.2) is 36.4 Å². The van der Waals surface area contributed by atoms with Gasteiger partial charge in [0.2, 0.25) is 0 Å². The molecule has 0 spiro atoms. The highest BCUT2D eigenvalue weighted by Gasteiger charge is 2.18. The van der Waals surface area contributed by atoms with Crippen LogP contribution < -0.4 is 11.3 Å². The van der Waals surface area contributed by atoms with E-state index in [9.17, 15) is 13.2 Å². The summed E-state index contributed by atoms with van der Waals surface area (Å²) in [6.07, 6.45) is 0.0887. The molecule has 0 bridgehead atoms. The number of hydrogen-bond donors (Lipinski definition) is 2. The first-order valence-corrected chi connectivity index (χ1v) is 6.24. The summed E-state index contributed by atoms with van der Waals surface area (Å²) < 4.78 is 40.4. The van der Waals surface area contributed by atoms with Crippen LogP contribution in [0, 0.1) is 17.5 Å². The van der Waals surface area contributed by atoms with Gasteiger partial charge in [0.25, 0.3) is 0 Å². The van der Waals surface area contributed by atoms with E-state index < -0.39 is 23.5 Å². The molecule has 1 atom stereocenters. The van der Waals surface area contributed by atoms with Gasteiger partial charge in [-0.15, -0.1) is 0 Å². The molecule has 0 saturated carbocycles. The van der Waals surface area contributed by atoms with Crippen LogP contribution >= 0.6 is 11.6 Å². The Morgan fingerprint density at radius 1 is 1.15 bits per heavy atom. The molecule has 0 aliphatic heterocycles. The lowest BCUT2D eigenvalue weighted by atomic mass is 9.98. The minimum atomic E-state index is -0.740. The summed E-state index contributed by atoms with van der Waals surface area (Å²) in [6.45, 7) is 0. The Labute approximate surface area is 119 Å². The summed E-state index contributed by atoms with van der Waals surface area (Å²) in [5, 5.41) is -0.0159. The second kappa shape index (κ2) is 6.26. The second-order valence-corrected chi connectivity index (χ2v) is 4.71. The van der Waals surface area contributed by atoms with Gasteiger partial charge in [0.1, 0.15) is 17.5 Å². The topological polar surface area (TPSA) is 38.0 Å². The highest BCUT2D eigenvalue weighted by Crippen LogP contribution is 2.25. The van der Waals surface area contributed by atoms with Crippen molar-refractivity contribution in [2.45, 2.75) is 12.5 Å². The van der Waals surface area contributed by atoms with Gasteiger partial charge in [0, 0.05) is 11.6 Å². The molecule has 0 aromatic heterocycles. The lowest BCUT2D eigenvalue weighted by Crippen LogP contribution is -2.30. The Balaban J connectivity index is 2.31. The van der Waals surface area contributed by atoms with Gasteiger partial charge in [-0.1, -0.05) is 29.8 Å². The Kier molecular flexibility index (Phi) is 4.65. The third-order valence-electron chi connectivity index (χ3n) is 2.99. The zero-order valence-corrected chi connectivity index (χ0v) is 11.1. The molecule has 2 aromatic carbocycles. The second-order valence-electron chi connectivity index (χ2n) is 4.30. The monoisotopic (exact) mass is 300 g/mol. The van der Waals surface area contributed by atoms with Gasteiger partial charge in [-0.2, -0.15) is 0 Å². The number of benzene rings is 2. The molecule has 6 heteroatoms. The van der Waals surface area contributed by atoms with Crippen molar-refractivity contribution in [2.24, 2.45) is 5.84 Å². The zero-order chi connectivity index (χ0) is 14.7. The van der Waals surface area contributed by atoms with Crippen LogP contribution in [0.1, 0.15) is 17.2 Å². The number of halogens is 4. The summed E-state index contributed by atoms with van der Waals surface area (Å²) in [5.74, 6) is 3.38. The fraction of sp³-hybridized carbons (Fsp3) is 0.143. The number of hydrogen-bond acceptors (Lipinski definition) is 2. The minimum absolute atomic E-state index is 0.0159. The lowest BCUT2D eigenvalue weighted by molar-refractivity contribution is 0.492. The van der Waals surface area contributed by atoms with Gasteiger partial charge in [-0.05, 0) is 24.1 Å². The molecule has 0 heterocycles. The molecule has 2 aromatic rings. The third kappa shape index (κ3) is 3.12. The molecule has 106 valence electrons. The Bertz CT molecular complexity index is 619. The van der Waals surface area contributed by atoms with Crippen LogP contribution in [0.4, 0.5) is 13.2 Å². The highest BCUT2D eigenvalue weighted by molar-refractivity contribution is 6.30. The van der Waals surface area contributed by atoms with Gasteiger partial charge in [-0.3, -0.25) is 11.3 Å². The Hall–Kier alpha value is -1.56. The first-order chi connectivity index (χ1) is 9.52. The molecule has 2 rings (SSSR count). The van der Waals surface area contributed by atoms with Crippen molar-refractivity contribution in [2.75, 3.05) is 0 Å². The van der Waals surface area contributed by atoms with E-state index in [4.69, 9.17) is 17.4 Å². The fourth-order valence-corrected chi connectivity index (χ4v) is 2.16. The van der Waals surface area contributed by atoms with Crippen LogP contribution in [0.25, 0.3) is 0 Å². The highest BCUT2D eigenvalue weighted by atomic mass is 35.5. The normalized spacial score (nSPS) is 12.4. The molecular formula is C14H12ClF3N2. The third-order valence-corrected chi connectivity index (χ3v) is 3.29. The summed E-state index contributed by atoms with van der Waals surface area (Å²) in [5.41, 5.74) is 2.86. The van der Waals surface area contributed by atoms with Crippen LogP contribution in [0.2, 0.25) is 5.02 Å². The molecule has 2 nitrogen and oxygen atoms in total. The van der Waals surface area contributed by atoms with Crippen molar-refractivity contribution >= 4 is 11.6 Å². The van der Waals surface area contributed by atoms with E-state index in [1.165, 1.54) is 18.2 Å². The predicted molar refractivity (Wildman–Crippen MR) is 71.5 cm³/mol. The maximum Gasteiger partial charge on any atom is 0.145 e. The molecule has 0 amide bonds. The van der Waals surface area contributed by atoms with Gasteiger partial charge < -0.3 is 0 Å². The van der Waals surface area contributed by atoms with Gasteiger partial charge in [0.15, 0.2) is 0 Å². The number of hydrazine groups is 1. The molecule has 0 aliphatic carbocycles. The summed E-state index contributed by atoms with van der Waals surface area (Å²) in [4.78, 5) is 0. The average molecular weight is 301 g/mol. The predicted octanol–water partition coefficient (Wildman–Crippen LogP) is 3.50. The van der Waals surface area contributed by atoms with Crippen molar-refractivity contribution in [3.8, 4) is 0 Å². The maximum atomic E-state index is 13.8. The molecule has 3 N–H and O–H groups in total. The van der Waals surface area contributed by atoms with E-state index in [2.05, 4.69) is 5.43 Å². The first-order valence-electron chi connectivity index (χ1n) is 5.87. The quantitative estimate of drug-likeness (QED) is 0.670. The number of rotatable bonds is 4. The number of nitrogens with two attached hydrogens (primary N) is 1. The smallest absolute Gasteiger partial charge is 0.145 e. The van der Waals surface area contributed by atoms with E-state index in [-0.39, 0.29) is 17.0 Å². The first kappa shape index (κ1) is 14.8. The molecule has 0 aliphatic rings. The maximum absolute atomic E-state index is 13.8. The van der Waals surface area contributed by atoms with Crippen LogP contribution in [-0.2, 0) is 6.42 Å². The Morgan fingerprint density at radius 3 is 2.55 bits per heavy atom. The van der Waals surface area contributed by atoms with E-state index in [0.29, 0.717) is 5.56 Å². The lowest BCUT2D eigenvalue weighted by Gasteiger charge is -2.17. The van der Waals surface area contributed by atoms with Crippen molar-refractivity contribution in [3.05, 3.63) is 70.0 Å². The van der Waals surface area contributed by atoms with Crippen LogP contribution in [0.3, 0.4) is 0 Å². The molecule has 0 fully saturated rings. The molecule has 20 heavy (non-hydrogen) atoms. The van der Waals surface area contributed by atoms with Crippen molar-refractivity contribution in [3.63, 3.8) is 0 Å².